The van der Waals surface area contributed by atoms with Crippen molar-refractivity contribution in [2.24, 2.45) is 0 Å². The van der Waals surface area contributed by atoms with Crippen LogP contribution in [0.25, 0.3) is 0 Å². The van der Waals surface area contributed by atoms with Crippen molar-refractivity contribution in [2.75, 3.05) is 13.7 Å². The van der Waals surface area contributed by atoms with Crippen LogP contribution in [-0.4, -0.2) is 37.4 Å². The summed E-state index contributed by atoms with van der Waals surface area (Å²) in [5.41, 5.74) is -0.777. The Labute approximate surface area is 124 Å². The monoisotopic (exact) mass is 287 g/mol. The molecular formula is C16H33NO3. The van der Waals surface area contributed by atoms with Gasteiger partial charge in [0.25, 0.3) is 0 Å². The first-order chi connectivity index (χ1) is 9.35. The van der Waals surface area contributed by atoms with Crippen molar-refractivity contribution in [2.45, 2.75) is 84.4 Å². The van der Waals surface area contributed by atoms with Crippen molar-refractivity contribution in [3.63, 3.8) is 0 Å². The van der Waals surface area contributed by atoms with E-state index in [1.54, 1.807) is 0 Å². The van der Waals surface area contributed by atoms with Crippen LogP contribution in [0.4, 0.5) is 0 Å². The highest BCUT2D eigenvalue weighted by atomic mass is 16.5. The average Bonchev–Trinajstić information content (AvgIpc) is 2.39. The molecule has 2 unspecified atom stereocenters. The van der Waals surface area contributed by atoms with Crippen LogP contribution in [-0.2, 0) is 14.3 Å². The number of unbranched alkanes of at least 4 members (excludes halogenated alkanes) is 3. The predicted octanol–water partition coefficient (Wildman–Crippen LogP) is 3.29. The van der Waals surface area contributed by atoms with Gasteiger partial charge in [-0.25, -0.2) is 4.79 Å². The number of hydrogen-bond acceptors (Lipinski definition) is 4. The highest BCUT2D eigenvalue weighted by Crippen LogP contribution is 2.13. The van der Waals surface area contributed by atoms with Gasteiger partial charge in [0.05, 0.1) is 19.8 Å². The summed E-state index contributed by atoms with van der Waals surface area (Å²) in [6.07, 6.45) is 6.17. The van der Waals surface area contributed by atoms with E-state index < -0.39 is 5.54 Å². The van der Waals surface area contributed by atoms with Gasteiger partial charge in [0, 0.05) is 6.04 Å². The number of nitrogens with one attached hydrogen (secondary N) is 1. The minimum absolute atomic E-state index is 0.171. The molecule has 0 aromatic heterocycles. The molecule has 0 amide bonds. The Balaban J connectivity index is 4.21. The smallest absolute Gasteiger partial charge is 0.328 e. The number of carbonyl (C=O) groups is 1. The third-order valence-corrected chi connectivity index (χ3v) is 3.36. The van der Waals surface area contributed by atoms with Crippen LogP contribution in [0.3, 0.4) is 0 Å². The fraction of sp³-hybridized carbons (Fsp3) is 0.938. The summed E-state index contributed by atoms with van der Waals surface area (Å²) in [7, 11) is 1.41. The van der Waals surface area contributed by atoms with Gasteiger partial charge in [-0.3, -0.25) is 5.32 Å². The van der Waals surface area contributed by atoms with Crippen LogP contribution in [0, 0.1) is 0 Å². The Bertz CT molecular complexity index is 268. The molecule has 0 saturated carbocycles. The maximum Gasteiger partial charge on any atom is 0.328 e. The quantitative estimate of drug-likeness (QED) is 0.468. The molecule has 0 fully saturated rings. The maximum absolute atomic E-state index is 11.9. The summed E-state index contributed by atoms with van der Waals surface area (Å²) < 4.78 is 10.7. The van der Waals surface area contributed by atoms with E-state index in [2.05, 4.69) is 19.2 Å². The van der Waals surface area contributed by atoms with Gasteiger partial charge in [-0.1, -0.05) is 32.6 Å². The zero-order valence-corrected chi connectivity index (χ0v) is 14.1. The van der Waals surface area contributed by atoms with Gasteiger partial charge in [-0.2, -0.15) is 0 Å². The van der Waals surface area contributed by atoms with Gasteiger partial charge < -0.3 is 9.47 Å². The lowest BCUT2D eigenvalue weighted by molar-refractivity contribution is -0.152. The highest BCUT2D eigenvalue weighted by molar-refractivity contribution is 5.80. The van der Waals surface area contributed by atoms with E-state index in [1.807, 2.05) is 20.8 Å². The lowest BCUT2D eigenvalue weighted by Crippen LogP contribution is -2.56. The van der Waals surface area contributed by atoms with E-state index in [4.69, 9.17) is 9.47 Å². The normalized spacial score (nSPS) is 15.9. The van der Waals surface area contributed by atoms with Gasteiger partial charge >= 0.3 is 5.97 Å². The van der Waals surface area contributed by atoms with Gasteiger partial charge in [-0.15, -0.1) is 0 Å². The van der Waals surface area contributed by atoms with E-state index in [1.165, 1.54) is 32.8 Å². The zero-order valence-electron chi connectivity index (χ0n) is 14.1. The fourth-order valence-corrected chi connectivity index (χ4v) is 2.27. The maximum atomic E-state index is 11.9. The molecular weight excluding hydrogens is 254 g/mol. The molecule has 2 atom stereocenters. The summed E-state index contributed by atoms with van der Waals surface area (Å²) in [5, 5.41) is 3.24. The topological polar surface area (TPSA) is 47.6 Å². The van der Waals surface area contributed by atoms with Crippen LogP contribution in [0.1, 0.15) is 66.7 Å². The van der Waals surface area contributed by atoms with E-state index >= 15 is 0 Å². The second kappa shape index (κ2) is 10.2. The molecule has 0 aliphatic carbocycles. The van der Waals surface area contributed by atoms with Crippen molar-refractivity contribution in [3.05, 3.63) is 0 Å². The van der Waals surface area contributed by atoms with E-state index in [9.17, 15) is 4.79 Å². The fourth-order valence-electron chi connectivity index (χ4n) is 2.27. The first kappa shape index (κ1) is 19.4. The summed E-state index contributed by atoms with van der Waals surface area (Å²) in [5.74, 6) is -0.274. The summed E-state index contributed by atoms with van der Waals surface area (Å²) in [6, 6.07) is 0.197. The first-order valence-electron chi connectivity index (χ1n) is 7.83. The van der Waals surface area contributed by atoms with Gasteiger partial charge in [-0.05, 0) is 34.1 Å². The van der Waals surface area contributed by atoms with E-state index in [0.717, 1.165) is 6.42 Å². The van der Waals surface area contributed by atoms with Crippen molar-refractivity contribution in [1.29, 1.82) is 0 Å². The first-order valence-corrected chi connectivity index (χ1v) is 7.83. The molecule has 0 aromatic rings. The van der Waals surface area contributed by atoms with Crippen molar-refractivity contribution in [1.82, 2.24) is 5.32 Å². The Morgan fingerprint density at radius 2 is 1.85 bits per heavy atom. The van der Waals surface area contributed by atoms with Crippen LogP contribution in [0.5, 0.6) is 0 Å². The number of rotatable bonds is 11. The standard InChI is InChI=1S/C16H33NO3/c1-7-8-9-10-11-14(4)20-12-16(5,15(18)19-6)17-13(2)3/h13-14,17H,7-12H2,1-6H3. The van der Waals surface area contributed by atoms with Crippen molar-refractivity contribution < 1.29 is 14.3 Å². The second-order valence-electron chi connectivity index (χ2n) is 6.09. The summed E-state index contributed by atoms with van der Waals surface area (Å²) in [6.45, 7) is 10.5. The number of ether oxygens (including phenoxy) is 2. The molecule has 0 heterocycles. The second-order valence-corrected chi connectivity index (χ2v) is 6.09. The molecule has 0 aromatic carbocycles. The highest BCUT2D eigenvalue weighted by Gasteiger charge is 2.35. The lowest BCUT2D eigenvalue weighted by atomic mass is 10.0. The van der Waals surface area contributed by atoms with Crippen LogP contribution < -0.4 is 5.32 Å². The van der Waals surface area contributed by atoms with Gasteiger partial charge in [0.15, 0.2) is 0 Å². The van der Waals surface area contributed by atoms with Crippen LogP contribution in [0.15, 0.2) is 0 Å². The zero-order chi connectivity index (χ0) is 15.6. The van der Waals surface area contributed by atoms with Crippen molar-refractivity contribution >= 4 is 5.97 Å². The van der Waals surface area contributed by atoms with Crippen LogP contribution in [0.2, 0.25) is 0 Å². The molecule has 4 nitrogen and oxygen atoms in total. The molecule has 4 heteroatoms. The Kier molecular flexibility index (Phi) is 9.86. The largest absolute Gasteiger partial charge is 0.468 e. The molecule has 0 aliphatic heterocycles. The number of methoxy groups -OCH3 is 1. The molecule has 0 rings (SSSR count). The van der Waals surface area contributed by atoms with Gasteiger partial charge in [0.2, 0.25) is 0 Å². The van der Waals surface area contributed by atoms with E-state index in [0.29, 0.717) is 6.61 Å². The Hall–Kier alpha value is -0.610. The van der Waals surface area contributed by atoms with E-state index in [-0.39, 0.29) is 18.1 Å². The molecule has 20 heavy (non-hydrogen) atoms. The summed E-state index contributed by atoms with van der Waals surface area (Å²) >= 11 is 0. The van der Waals surface area contributed by atoms with Crippen LogP contribution >= 0.6 is 0 Å². The SMILES string of the molecule is CCCCCCC(C)OCC(C)(NC(C)C)C(=O)OC. The molecule has 0 spiro atoms. The average molecular weight is 287 g/mol. The van der Waals surface area contributed by atoms with Gasteiger partial charge in [0.1, 0.15) is 5.54 Å². The number of esters is 1. The molecule has 120 valence electrons. The number of hydrogen-bond donors (Lipinski definition) is 1. The molecule has 0 aliphatic rings. The Morgan fingerprint density at radius 1 is 1.20 bits per heavy atom. The lowest BCUT2D eigenvalue weighted by Gasteiger charge is -2.31. The third-order valence-electron chi connectivity index (χ3n) is 3.36. The van der Waals surface area contributed by atoms with Crippen molar-refractivity contribution in [3.8, 4) is 0 Å². The Morgan fingerprint density at radius 3 is 2.35 bits per heavy atom. The molecule has 1 N–H and O–H groups in total. The minimum atomic E-state index is -0.777. The predicted molar refractivity (Wildman–Crippen MR) is 82.9 cm³/mol. The molecule has 0 bridgehead atoms. The molecule has 0 radical (unpaired) electrons. The minimum Gasteiger partial charge on any atom is -0.468 e. The summed E-state index contributed by atoms with van der Waals surface area (Å²) in [4.78, 5) is 11.9. The third kappa shape index (κ3) is 7.85. The molecule has 0 saturated heterocycles. The number of carbonyl (C=O) groups excluding carboxylic acids is 1.